The van der Waals surface area contributed by atoms with E-state index in [4.69, 9.17) is 0 Å². The zero-order valence-corrected chi connectivity index (χ0v) is 6.98. The number of H-pyrrole nitrogens is 1. The number of carbonyl (C=O) groups excluding carboxylic acids is 1. The monoisotopic (exact) mass is 171 g/mol. The third-order valence-electron chi connectivity index (χ3n) is 1.15. The van der Waals surface area contributed by atoms with Crippen molar-refractivity contribution in [3.8, 4) is 0 Å². The molecule has 0 fully saturated rings. The Balaban J connectivity index is 2.29. The number of aromatic amines is 1. The van der Waals surface area contributed by atoms with E-state index in [0.29, 0.717) is 5.75 Å². The average Bonchev–Trinajstić information content (AvgIpc) is 2.52. The van der Waals surface area contributed by atoms with Crippen molar-refractivity contribution in [1.29, 1.82) is 0 Å². The number of aromatic nitrogens is 1. The van der Waals surface area contributed by atoms with Gasteiger partial charge in [0.15, 0.2) is 0 Å². The van der Waals surface area contributed by atoms with Gasteiger partial charge in [-0.1, -0.05) is 0 Å². The molecule has 0 spiro atoms. The first-order valence-corrected chi connectivity index (χ1v) is 4.14. The first kappa shape index (κ1) is 8.20. The van der Waals surface area contributed by atoms with Crippen LogP contribution in [0.4, 0.5) is 0 Å². The lowest BCUT2D eigenvalue weighted by Crippen LogP contribution is -2.02. The third-order valence-corrected chi connectivity index (χ3v) is 2.12. The van der Waals surface area contributed by atoms with Crippen LogP contribution in [0, 0.1) is 0 Å². The van der Waals surface area contributed by atoms with Crippen LogP contribution in [0.15, 0.2) is 23.4 Å². The maximum absolute atomic E-state index is 10.7. The molecule has 0 aliphatic rings. The highest BCUT2D eigenvalue weighted by Crippen LogP contribution is 2.15. The zero-order valence-electron chi connectivity index (χ0n) is 6.16. The smallest absolute Gasteiger partial charge is 0.315 e. The molecule has 0 saturated heterocycles. The molecule has 1 aromatic rings. The molecule has 0 saturated carbocycles. The average molecular weight is 171 g/mol. The number of rotatable bonds is 3. The number of nitrogens with one attached hydrogen (secondary N) is 1. The van der Waals surface area contributed by atoms with E-state index in [2.05, 4.69) is 9.72 Å². The minimum Gasteiger partial charge on any atom is -0.468 e. The highest BCUT2D eigenvalue weighted by molar-refractivity contribution is 8.00. The van der Waals surface area contributed by atoms with Gasteiger partial charge in [-0.2, -0.15) is 0 Å². The summed E-state index contributed by atoms with van der Waals surface area (Å²) >= 11 is 1.45. The highest BCUT2D eigenvalue weighted by atomic mass is 32.2. The van der Waals surface area contributed by atoms with E-state index in [0.717, 1.165) is 4.90 Å². The second kappa shape index (κ2) is 4.08. The van der Waals surface area contributed by atoms with E-state index in [-0.39, 0.29) is 5.97 Å². The summed E-state index contributed by atoms with van der Waals surface area (Å²) in [5.41, 5.74) is 0. The molecule has 0 amide bonds. The number of thioether (sulfide) groups is 1. The van der Waals surface area contributed by atoms with Gasteiger partial charge in [-0.3, -0.25) is 4.79 Å². The quantitative estimate of drug-likeness (QED) is 0.550. The lowest BCUT2D eigenvalue weighted by Gasteiger charge is -1.95. The molecule has 1 rings (SSSR count). The molecular formula is C7H9NO2S. The lowest BCUT2D eigenvalue weighted by atomic mass is 10.7. The number of hydrogen-bond donors (Lipinski definition) is 1. The number of ether oxygens (including phenoxy) is 1. The van der Waals surface area contributed by atoms with Gasteiger partial charge in [0.05, 0.1) is 12.9 Å². The fourth-order valence-corrected chi connectivity index (χ4v) is 1.32. The van der Waals surface area contributed by atoms with E-state index >= 15 is 0 Å². The summed E-state index contributed by atoms with van der Waals surface area (Å²) in [7, 11) is 1.39. The minimum atomic E-state index is -0.198. The van der Waals surface area contributed by atoms with Crippen LogP contribution in [0.5, 0.6) is 0 Å². The first-order valence-electron chi connectivity index (χ1n) is 3.15. The topological polar surface area (TPSA) is 42.1 Å². The van der Waals surface area contributed by atoms with E-state index in [1.54, 1.807) is 0 Å². The van der Waals surface area contributed by atoms with Gasteiger partial charge in [0.25, 0.3) is 0 Å². The molecule has 3 nitrogen and oxygen atoms in total. The predicted octanol–water partition coefficient (Wildman–Crippen LogP) is 1.28. The van der Waals surface area contributed by atoms with Gasteiger partial charge < -0.3 is 9.72 Å². The van der Waals surface area contributed by atoms with Crippen molar-refractivity contribution in [2.45, 2.75) is 4.90 Å². The largest absolute Gasteiger partial charge is 0.468 e. The molecule has 0 radical (unpaired) electrons. The van der Waals surface area contributed by atoms with E-state index in [1.165, 1.54) is 18.9 Å². The second-order valence-electron chi connectivity index (χ2n) is 1.91. The van der Waals surface area contributed by atoms with Crippen LogP contribution in [0.25, 0.3) is 0 Å². The molecular weight excluding hydrogens is 162 g/mol. The van der Waals surface area contributed by atoms with Gasteiger partial charge in [0.1, 0.15) is 0 Å². The second-order valence-corrected chi connectivity index (χ2v) is 2.96. The van der Waals surface area contributed by atoms with Crippen LogP contribution in [-0.2, 0) is 9.53 Å². The molecule has 4 heteroatoms. The van der Waals surface area contributed by atoms with Crippen LogP contribution in [0.2, 0.25) is 0 Å². The molecule has 0 aliphatic carbocycles. The molecule has 11 heavy (non-hydrogen) atoms. The summed E-state index contributed by atoms with van der Waals surface area (Å²) in [5.74, 6) is 0.171. The van der Waals surface area contributed by atoms with Gasteiger partial charge in [-0.25, -0.2) is 0 Å². The van der Waals surface area contributed by atoms with Gasteiger partial charge in [-0.15, -0.1) is 11.8 Å². The SMILES string of the molecule is COC(=O)CSc1cc[nH]c1. The Morgan fingerprint density at radius 1 is 1.82 bits per heavy atom. The fourth-order valence-electron chi connectivity index (χ4n) is 0.600. The normalized spacial score (nSPS) is 9.55. The Bertz CT molecular complexity index is 220. The van der Waals surface area contributed by atoms with Crippen LogP contribution in [0.1, 0.15) is 0 Å². The predicted molar refractivity (Wildman–Crippen MR) is 43.5 cm³/mol. The van der Waals surface area contributed by atoms with Crippen LogP contribution >= 0.6 is 11.8 Å². The number of methoxy groups -OCH3 is 1. The zero-order chi connectivity index (χ0) is 8.10. The van der Waals surface area contributed by atoms with Crippen LogP contribution in [-0.4, -0.2) is 23.8 Å². The Hall–Kier alpha value is -0.900. The molecule has 1 heterocycles. The van der Waals surface area contributed by atoms with Crippen LogP contribution < -0.4 is 0 Å². The summed E-state index contributed by atoms with van der Waals surface area (Å²) in [6.07, 6.45) is 3.66. The maximum Gasteiger partial charge on any atom is 0.315 e. The van der Waals surface area contributed by atoms with Gasteiger partial charge >= 0.3 is 5.97 Å². The molecule has 1 aromatic heterocycles. The van der Waals surface area contributed by atoms with Crippen molar-refractivity contribution in [3.05, 3.63) is 18.5 Å². The van der Waals surface area contributed by atoms with Gasteiger partial charge in [0.2, 0.25) is 0 Å². The Labute approximate surface area is 69.1 Å². The summed E-state index contributed by atoms with van der Waals surface area (Å²) in [5, 5.41) is 0. The summed E-state index contributed by atoms with van der Waals surface area (Å²) in [6, 6.07) is 1.91. The van der Waals surface area contributed by atoms with Crippen molar-refractivity contribution in [2.24, 2.45) is 0 Å². The van der Waals surface area contributed by atoms with E-state index in [1.807, 2.05) is 18.5 Å². The van der Waals surface area contributed by atoms with E-state index in [9.17, 15) is 4.79 Å². The number of carbonyl (C=O) groups is 1. The van der Waals surface area contributed by atoms with Crippen molar-refractivity contribution in [3.63, 3.8) is 0 Å². The number of esters is 1. The van der Waals surface area contributed by atoms with Crippen molar-refractivity contribution in [1.82, 2.24) is 4.98 Å². The molecule has 1 N–H and O–H groups in total. The molecule has 0 unspecified atom stereocenters. The first-order chi connectivity index (χ1) is 5.33. The van der Waals surface area contributed by atoms with Gasteiger partial charge in [0, 0.05) is 17.3 Å². The maximum atomic E-state index is 10.7. The third kappa shape index (κ3) is 2.67. The Kier molecular flexibility index (Phi) is 3.04. The number of hydrogen-bond acceptors (Lipinski definition) is 3. The summed E-state index contributed by atoms with van der Waals surface area (Å²) in [6.45, 7) is 0. The van der Waals surface area contributed by atoms with Crippen molar-refractivity contribution >= 4 is 17.7 Å². The standard InChI is InChI=1S/C7H9NO2S/c1-10-7(9)5-11-6-2-3-8-4-6/h2-4,8H,5H2,1H3. The van der Waals surface area contributed by atoms with Gasteiger partial charge in [-0.05, 0) is 6.07 Å². The minimum absolute atomic E-state index is 0.198. The van der Waals surface area contributed by atoms with E-state index < -0.39 is 0 Å². The summed E-state index contributed by atoms with van der Waals surface area (Å²) < 4.78 is 4.48. The molecule has 0 bridgehead atoms. The molecule has 0 atom stereocenters. The molecule has 60 valence electrons. The highest BCUT2D eigenvalue weighted by Gasteiger charge is 2.00. The Morgan fingerprint density at radius 2 is 2.64 bits per heavy atom. The van der Waals surface area contributed by atoms with Crippen molar-refractivity contribution < 1.29 is 9.53 Å². The lowest BCUT2D eigenvalue weighted by molar-refractivity contribution is -0.137. The van der Waals surface area contributed by atoms with Crippen molar-refractivity contribution in [2.75, 3.05) is 12.9 Å². The fraction of sp³-hybridized carbons (Fsp3) is 0.286. The van der Waals surface area contributed by atoms with Crippen LogP contribution in [0.3, 0.4) is 0 Å². The summed E-state index contributed by atoms with van der Waals surface area (Å²) in [4.78, 5) is 14.6. The molecule has 0 aliphatic heterocycles. The molecule has 0 aromatic carbocycles. The Morgan fingerprint density at radius 3 is 3.18 bits per heavy atom.